The van der Waals surface area contributed by atoms with Crippen molar-refractivity contribution >= 4 is 23.2 Å². The third kappa shape index (κ3) is 2.87. The van der Waals surface area contributed by atoms with Gasteiger partial charge in [0.2, 0.25) is 5.91 Å². The maximum Gasteiger partial charge on any atom is 0.264 e. The molecule has 1 aromatic heterocycles. The maximum atomic E-state index is 12.6. The molecular weight excluding hydrogens is 272 g/mol. The van der Waals surface area contributed by atoms with Crippen LogP contribution in [0.15, 0.2) is 6.07 Å². The van der Waals surface area contributed by atoms with Gasteiger partial charge in [-0.25, -0.2) is 0 Å². The smallest absolute Gasteiger partial charge is 0.264 e. The molecule has 1 aliphatic carbocycles. The van der Waals surface area contributed by atoms with Gasteiger partial charge in [-0.2, -0.15) is 0 Å². The summed E-state index contributed by atoms with van der Waals surface area (Å²) in [6.07, 6.45) is 6.78. The van der Waals surface area contributed by atoms with Gasteiger partial charge >= 0.3 is 0 Å². The molecule has 0 spiro atoms. The van der Waals surface area contributed by atoms with Crippen LogP contribution in [0.25, 0.3) is 0 Å². The van der Waals surface area contributed by atoms with Gasteiger partial charge in [-0.15, -0.1) is 11.3 Å². The summed E-state index contributed by atoms with van der Waals surface area (Å²) in [6.45, 7) is 1.53. The number of nitrogens with zero attached hydrogens (tertiary/aromatic N) is 1. The first-order valence-electron chi connectivity index (χ1n) is 7.41. The normalized spacial score (nSPS) is 19.8. The van der Waals surface area contributed by atoms with E-state index in [0.717, 1.165) is 24.1 Å². The van der Waals surface area contributed by atoms with E-state index in [-0.39, 0.29) is 18.4 Å². The number of hydrogen-bond donors (Lipinski definition) is 1. The van der Waals surface area contributed by atoms with Crippen LogP contribution in [0.4, 0.5) is 0 Å². The number of fused-ring (bicyclic) bond motifs is 1. The third-order valence-electron chi connectivity index (χ3n) is 4.01. The molecule has 1 fully saturated rings. The van der Waals surface area contributed by atoms with Crippen LogP contribution in [-0.4, -0.2) is 36.3 Å². The number of thiophene rings is 1. The van der Waals surface area contributed by atoms with Crippen molar-refractivity contribution in [1.29, 1.82) is 0 Å². The summed E-state index contributed by atoms with van der Waals surface area (Å²) in [5.41, 5.74) is 1.36. The SMILES string of the molecule is O=C1CN(C(=O)c2cc3c(s2)CCCCC3)CCCN1. The predicted molar refractivity (Wildman–Crippen MR) is 79.1 cm³/mol. The van der Waals surface area contributed by atoms with Gasteiger partial charge in [0.15, 0.2) is 0 Å². The van der Waals surface area contributed by atoms with Gasteiger partial charge in [-0.3, -0.25) is 9.59 Å². The lowest BCUT2D eigenvalue weighted by Gasteiger charge is -2.17. The minimum atomic E-state index is -0.0473. The number of aryl methyl sites for hydroxylation is 2. The van der Waals surface area contributed by atoms with Crippen LogP contribution in [0.3, 0.4) is 0 Å². The molecule has 0 radical (unpaired) electrons. The summed E-state index contributed by atoms with van der Waals surface area (Å²) in [7, 11) is 0. The molecule has 108 valence electrons. The summed E-state index contributed by atoms with van der Waals surface area (Å²) in [4.78, 5) is 28.0. The molecule has 1 saturated heterocycles. The van der Waals surface area contributed by atoms with Gasteiger partial charge in [0, 0.05) is 18.0 Å². The van der Waals surface area contributed by atoms with Crippen LogP contribution >= 0.6 is 11.3 Å². The first-order chi connectivity index (χ1) is 9.74. The van der Waals surface area contributed by atoms with Crippen LogP contribution in [0.2, 0.25) is 0 Å². The Morgan fingerprint density at radius 2 is 2.05 bits per heavy atom. The number of hydrogen-bond acceptors (Lipinski definition) is 3. The largest absolute Gasteiger partial charge is 0.354 e. The van der Waals surface area contributed by atoms with Gasteiger partial charge < -0.3 is 10.2 Å². The molecule has 4 nitrogen and oxygen atoms in total. The van der Waals surface area contributed by atoms with Crippen LogP contribution in [0.5, 0.6) is 0 Å². The highest BCUT2D eigenvalue weighted by Crippen LogP contribution is 2.29. The van der Waals surface area contributed by atoms with Crippen molar-refractivity contribution < 1.29 is 9.59 Å². The van der Waals surface area contributed by atoms with E-state index in [9.17, 15) is 9.59 Å². The van der Waals surface area contributed by atoms with Crippen LogP contribution < -0.4 is 5.32 Å². The summed E-state index contributed by atoms with van der Waals surface area (Å²) in [5, 5.41) is 2.81. The molecule has 0 unspecified atom stereocenters. The molecule has 0 saturated carbocycles. The van der Waals surface area contributed by atoms with E-state index in [1.54, 1.807) is 16.2 Å². The molecule has 0 bridgehead atoms. The Balaban J connectivity index is 1.78. The lowest BCUT2D eigenvalue weighted by molar-refractivity contribution is -0.121. The number of nitrogens with one attached hydrogen (secondary N) is 1. The molecule has 2 amide bonds. The minimum Gasteiger partial charge on any atom is -0.354 e. The lowest BCUT2D eigenvalue weighted by atomic mass is 10.1. The highest BCUT2D eigenvalue weighted by atomic mass is 32.1. The molecule has 3 rings (SSSR count). The molecule has 0 atom stereocenters. The second-order valence-corrected chi connectivity index (χ2v) is 6.69. The number of amides is 2. The topological polar surface area (TPSA) is 49.4 Å². The highest BCUT2D eigenvalue weighted by Gasteiger charge is 2.24. The zero-order chi connectivity index (χ0) is 13.9. The van der Waals surface area contributed by atoms with E-state index in [2.05, 4.69) is 11.4 Å². The fraction of sp³-hybridized carbons (Fsp3) is 0.600. The fourth-order valence-electron chi connectivity index (χ4n) is 2.91. The van der Waals surface area contributed by atoms with E-state index in [1.165, 1.54) is 29.7 Å². The van der Waals surface area contributed by atoms with E-state index >= 15 is 0 Å². The zero-order valence-electron chi connectivity index (χ0n) is 11.6. The summed E-state index contributed by atoms with van der Waals surface area (Å²) < 4.78 is 0. The quantitative estimate of drug-likeness (QED) is 0.805. The summed E-state index contributed by atoms with van der Waals surface area (Å²) >= 11 is 1.64. The van der Waals surface area contributed by atoms with Gasteiger partial charge in [-0.05, 0) is 43.7 Å². The van der Waals surface area contributed by atoms with Crippen molar-refractivity contribution in [2.24, 2.45) is 0 Å². The minimum absolute atomic E-state index is 0.0279. The van der Waals surface area contributed by atoms with Crippen LogP contribution in [0.1, 0.15) is 45.8 Å². The fourth-order valence-corrected chi connectivity index (χ4v) is 4.13. The van der Waals surface area contributed by atoms with Crippen molar-refractivity contribution in [2.75, 3.05) is 19.6 Å². The number of carbonyl (C=O) groups is 2. The Kier molecular flexibility index (Phi) is 4.05. The second kappa shape index (κ2) is 5.95. The molecule has 1 aromatic rings. The van der Waals surface area contributed by atoms with E-state index < -0.39 is 0 Å². The Hall–Kier alpha value is -1.36. The molecule has 0 aromatic carbocycles. The standard InChI is InChI=1S/C15H20N2O2S/c18-14-10-17(8-4-7-16-14)15(19)13-9-11-5-2-1-3-6-12(11)20-13/h9H,1-8,10H2,(H,16,18). The first kappa shape index (κ1) is 13.6. The molecule has 5 heteroatoms. The Bertz CT molecular complexity index is 500. The molecule has 2 aliphatic rings. The number of carbonyl (C=O) groups excluding carboxylic acids is 2. The van der Waals surface area contributed by atoms with Gasteiger partial charge in [0.25, 0.3) is 5.91 Å². The Morgan fingerprint density at radius 3 is 2.95 bits per heavy atom. The lowest BCUT2D eigenvalue weighted by Crippen LogP contribution is -2.37. The van der Waals surface area contributed by atoms with Crippen LogP contribution in [0, 0.1) is 0 Å². The average molecular weight is 292 g/mol. The van der Waals surface area contributed by atoms with Crippen LogP contribution in [-0.2, 0) is 17.6 Å². The second-order valence-electron chi connectivity index (χ2n) is 5.55. The third-order valence-corrected chi connectivity index (χ3v) is 5.23. The Morgan fingerprint density at radius 1 is 1.20 bits per heavy atom. The molecule has 20 heavy (non-hydrogen) atoms. The van der Waals surface area contributed by atoms with Gasteiger partial charge in [-0.1, -0.05) is 6.42 Å². The van der Waals surface area contributed by atoms with Crippen molar-refractivity contribution in [3.05, 3.63) is 21.4 Å². The Labute approximate surface area is 123 Å². The van der Waals surface area contributed by atoms with Gasteiger partial charge in [0.1, 0.15) is 0 Å². The molecule has 2 heterocycles. The highest BCUT2D eigenvalue weighted by molar-refractivity contribution is 7.14. The maximum absolute atomic E-state index is 12.6. The zero-order valence-corrected chi connectivity index (χ0v) is 12.4. The van der Waals surface area contributed by atoms with Gasteiger partial charge in [0.05, 0.1) is 11.4 Å². The summed E-state index contributed by atoms with van der Waals surface area (Å²) in [6, 6.07) is 2.07. The van der Waals surface area contributed by atoms with Crippen molar-refractivity contribution in [3.63, 3.8) is 0 Å². The summed E-state index contributed by atoms with van der Waals surface area (Å²) in [5.74, 6) is -0.0194. The molecule has 1 N–H and O–H groups in total. The van der Waals surface area contributed by atoms with Crippen molar-refractivity contribution in [2.45, 2.75) is 38.5 Å². The molecule has 1 aliphatic heterocycles. The van der Waals surface area contributed by atoms with Crippen molar-refractivity contribution in [3.8, 4) is 0 Å². The average Bonchev–Trinajstić information content (AvgIpc) is 2.61. The first-order valence-corrected chi connectivity index (χ1v) is 8.23. The van der Waals surface area contributed by atoms with E-state index in [4.69, 9.17) is 0 Å². The number of rotatable bonds is 1. The van der Waals surface area contributed by atoms with E-state index in [1.807, 2.05) is 0 Å². The molecular formula is C15H20N2O2S. The monoisotopic (exact) mass is 292 g/mol. The van der Waals surface area contributed by atoms with E-state index in [0.29, 0.717) is 13.1 Å². The predicted octanol–water partition coefficient (Wildman–Crippen LogP) is 1.98. The van der Waals surface area contributed by atoms with Crippen molar-refractivity contribution in [1.82, 2.24) is 10.2 Å².